The van der Waals surface area contributed by atoms with E-state index in [4.69, 9.17) is 30.5 Å². The van der Waals surface area contributed by atoms with Gasteiger partial charge in [0.25, 0.3) is 5.85 Å². The number of benzene rings is 1. The number of hydrogen-bond acceptors (Lipinski definition) is 10. The highest BCUT2D eigenvalue weighted by molar-refractivity contribution is 7.71. The summed E-state index contributed by atoms with van der Waals surface area (Å²) < 4.78 is 66.2. The number of aliphatic hydroxyl groups is 2. The second-order valence-corrected chi connectivity index (χ2v) is 13.8. The van der Waals surface area contributed by atoms with Crippen molar-refractivity contribution < 1.29 is 46.7 Å². The van der Waals surface area contributed by atoms with Crippen LogP contribution in [0.4, 0.5) is 8.78 Å². The molecule has 3 heterocycles. The molecule has 4 rings (SSSR count). The smallest absolute Gasteiger partial charge is 0.403 e. The number of carbonyl (C=O) groups is 1. The molecule has 2 aliphatic heterocycles. The highest BCUT2D eigenvalue weighted by Gasteiger charge is 2.58. The maximum Gasteiger partial charge on any atom is 0.530 e. The molecule has 0 spiro atoms. The highest BCUT2D eigenvalue weighted by Crippen LogP contribution is 2.58. The Morgan fingerprint density at radius 2 is 1.88 bits per heavy atom. The molecule has 3 N–H and O–H groups in total. The number of aliphatic hydroxyl groups excluding tert-OH is 2. The number of nitrogens with zero attached hydrogens (tertiary/aromatic N) is 1. The van der Waals surface area contributed by atoms with E-state index in [0.29, 0.717) is 22.0 Å². The molecule has 1 saturated heterocycles. The highest BCUT2D eigenvalue weighted by atomic mass is 32.1. The van der Waals surface area contributed by atoms with E-state index in [1.165, 1.54) is 0 Å². The molecule has 15 heteroatoms. The number of aldehydes is 1. The van der Waals surface area contributed by atoms with E-state index in [2.05, 4.69) is 4.98 Å². The van der Waals surface area contributed by atoms with Crippen LogP contribution in [0.3, 0.4) is 0 Å². The zero-order chi connectivity index (χ0) is 30.0. The summed E-state index contributed by atoms with van der Waals surface area (Å²) >= 11 is 4.86. The third-order valence-corrected chi connectivity index (χ3v) is 8.32. The predicted octanol–water partition coefficient (Wildman–Crippen LogP) is 4.10. The first-order valence-electron chi connectivity index (χ1n) is 12.3. The zero-order valence-electron chi connectivity index (χ0n) is 22.7. The lowest BCUT2D eigenvalue weighted by atomic mass is 9.78. The Kier molecular flexibility index (Phi) is 7.81. The number of fused-ring (bicyclic) bond motifs is 1. The van der Waals surface area contributed by atoms with Crippen molar-refractivity contribution in [3.05, 3.63) is 55.5 Å². The number of aromatic nitrogens is 2. The molecule has 0 saturated carbocycles. The fraction of sp³-hybridized carbons (Fsp3) is 0.560. The van der Waals surface area contributed by atoms with Crippen LogP contribution < -0.4 is 10.2 Å². The molecule has 1 aromatic carbocycles. The Balaban J connectivity index is 1.62. The maximum absolute atomic E-state index is 15.8. The Morgan fingerprint density at radius 1 is 1.25 bits per heavy atom. The number of alkyl halides is 1. The van der Waals surface area contributed by atoms with Gasteiger partial charge >= 0.3 is 13.5 Å². The lowest BCUT2D eigenvalue weighted by Crippen LogP contribution is -2.43. The van der Waals surface area contributed by atoms with Gasteiger partial charge in [-0.05, 0) is 22.5 Å². The van der Waals surface area contributed by atoms with E-state index < -0.39 is 67.7 Å². The van der Waals surface area contributed by atoms with Gasteiger partial charge in [0.1, 0.15) is 35.0 Å². The number of carbonyl (C=O) groups excluding carboxylic acids is 1. The topological polar surface area (TPSA) is 149 Å². The summed E-state index contributed by atoms with van der Waals surface area (Å²) in [5.74, 6) is -3.85. The van der Waals surface area contributed by atoms with Gasteiger partial charge in [-0.15, -0.1) is 0 Å². The first-order valence-corrected chi connectivity index (χ1v) is 14.2. The molecular weight excluding hydrogens is 573 g/mol. The molecule has 11 nitrogen and oxygen atoms in total. The number of phosphoric acid groups is 1. The number of rotatable bonds is 5. The van der Waals surface area contributed by atoms with Gasteiger partial charge in [-0.3, -0.25) is 23.4 Å². The Hall–Kier alpha value is -2.32. The van der Waals surface area contributed by atoms with E-state index >= 15 is 8.78 Å². The molecule has 5 atom stereocenters. The van der Waals surface area contributed by atoms with E-state index in [-0.39, 0.29) is 21.5 Å². The van der Waals surface area contributed by atoms with Crippen LogP contribution >= 0.6 is 20.0 Å². The van der Waals surface area contributed by atoms with Gasteiger partial charge in [-0.2, -0.15) is 0 Å². The van der Waals surface area contributed by atoms with Gasteiger partial charge < -0.3 is 19.5 Å². The van der Waals surface area contributed by atoms with Crippen molar-refractivity contribution in [3.8, 4) is 5.75 Å². The number of hydrogen-bond donors (Lipinski definition) is 3. The first-order chi connectivity index (χ1) is 18.3. The maximum atomic E-state index is 15.8. The molecule has 0 amide bonds. The summed E-state index contributed by atoms with van der Waals surface area (Å²) in [6, 6.07) is 1.63. The summed E-state index contributed by atoms with van der Waals surface area (Å²) in [5, 5.41) is 20.9. The Bertz CT molecular complexity index is 1510. The van der Waals surface area contributed by atoms with Gasteiger partial charge in [0.05, 0.1) is 17.7 Å². The molecular formula is C25H31F2N2O9PS. The van der Waals surface area contributed by atoms with Gasteiger partial charge in [0, 0.05) is 11.8 Å². The number of nitrogens with one attached hydrogen (secondary N) is 1. The number of H-pyrrole nitrogens is 1. The molecule has 0 aliphatic carbocycles. The standard InChI is InChI=1S/C25H31F2N2O9PS/c1-23(2,3)14-7-15(24(4,5)6)18-13(16(14)26)10-35-39(34,38-18)36-11-25(27)19(32)17(31)21(37-25)29-8-12(9-30)20(40)28-22(29)33/h7-9,17,19,21,31-32H,10-11H2,1-6H3,(H,28,33,40)/t17-,19+,21-,25-,39?/m1/s1. The van der Waals surface area contributed by atoms with Crippen molar-refractivity contribution in [1.82, 2.24) is 9.55 Å². The van der Waals surface area contributed by atoms with Gasteiger partial charge in [-0.25, -0.2) is 18.1 Å². The van der Waals surface area contributed by atoms with Crippen LogP contribution in [0.5, 0.6) is 5.75 Å². The average Bonchev–Trinajstić information content (AvgIpc) is 3.06. The van der Waals surface area contributed by atoms with Crippen molar-refractivity contribution in [1.29, 1.82) is 0 Å². The molecule has 220 valence electrons. The second-order valence-electron chi connectivity index (χ2n) is 11.8. The second kappa shape index (κ2) is 10.2. The molecule has 1 unspecified atom stereocenters. The number of phosphoric ester groups is 1. The van der Waals surface area contributed by atoms with Crippen molar-refractivity contribution >= 4 is 26.3 Å². The summed E-state index contributed by atoms with van der Waals surface area (Å²) in [4.78, 5) is 25.7. The van der Waals surface area contributed by atoms with Gasteiger partial charge in [0.15, 0.2) is 12.5 Å². The van der Waals surface area contributed by atoms with E-state index in [1.54, 1.807) is 6.07 Å². The van der Waals surface area contributed by atoms with E-state index in [9.17, 15) is 24.4 Å². The molecule has 2 aromatic rings. The minimum atomic E-state index is -4.59. The van der Waals surface area contributed by atoms with Crippen molar-refractivity contribution in [2.24, 2.45) is 0 Å². The summed E-state index contributed by atoms with van der Waals surface area (Å²) in [6.07, 6.45) is -4.84. The number of ether oxygens (including phenoxy) is 1. The SMILES string of the molecule is CC(C)(C)c1cc(C(C)(C)C)c2c(c1F)COP(=O)(OC[C@@]1(F)O[C@@H](n3cc(C=O)c(=S)[nH]c3=O)[C@H](O)[C@@H]1O)O2. The number of aromatic amines is 1. The van der Waals surface area contributed by atoms with Crippen LogP contribution in [-0.2, 0) is 35.8 Å². The lowest BCUT2D eigenvalue weighted by molar-refractivity contribution is -0.205. The molecule has 0 radical (unpaired) electrons. The minimum Gasteiger partial charge on any atom is -0.403 e. The fourth-order valence-corrected chi connectivity index (χ4v) is 5.83. The number of halogens is 2. The zero-order valence-corrected chi connectivity index (χ0v) is 24.4. The summed E-state index contributed by atoms with van der Waals surface area (Å²) in [5.41, 5.74) is -1.31. The first kappa shape index (κ1) is 30.6. The summed E-state index contributed by atoms with van der Waals surface area (Å²) in [6.45, 7) is 9.32. The molecule has 40 heavy (non-hydrogen) atoms. The quantitative estimate of drug-likeness (QED) is 0.259. The normalized spacial score (nSPS) is 28.7. The van der Waals surface area contributed by atoms with Crippen LogP contribution in [0.1, 0.15) is 74.8 Å². The largest absolute Gasteiger partial charge is 0.530 e. The third-order valence-electron chi connectivity index (χ3n) is 6.68. The van der Waals surface area contributed by atoms with Crippen molar-refractivity contribution in [2.45, 2.75) is 83.3 Å². The minimum absolute atomic E-state index is 0.0295. The van der Waals surface area contributed by atoms with Crippen LogP contribution in [0, 0.1) is 10.5 Å². The summed E-state index contributed by atoms with van der Waals surface area (Å²) in [7, 11) is -4.59. The Morgan fingerprint density at radius 3 is 2.45 bits per heavy atom. The molecule has 0 bridgehead atoms. The Labute approximate surface area is 233 Å². The fourth-order valence-electron chi connectivity index (χ4n) is 4.41. The monoisotopic (exact) mass is 604 g/mol. The van der Waals surface area contributed by atoms with Gasteiger partial charge in [-0.1, -0.05) is 53.8 Å². The van der Waals surface area contributed by atoms with Crippen LogP contribution in [0.15, 0.2) is 17.1 Å². The third kappa shape index (κ3) is 5.46. The molecule has 1 fully saturated rings. The molecule has 1 aromatic heterocycles. The predicted molar refractivity (Wildman–Crippen MR) is 140 cm³/mol. The molecule has 2 aliphatic rings. The van der Waals surface area contributed by atoms with Crippen LogP contribution in [0.25, 0.3) is 0 Å². The van der Waals surface area contributed by atoms with Crippen LogP contribution in [0.2, 0.25) is 0 Å². The van der Waals surface area contributed by atoms with Gasteiger partial charge in [0.2, 0.25) is 0 Å². The van der Waals surface area contributed by atoms with Crippen molar-refractivity contribution in [3.63, 3.8) is 0 Å². The van der Waals surface area contributed by atoms with Crippen molar-refractivity contribution in [2.75, 3.05) is 6.61 Å². The van der Waals surface area contributed by atoms with E-state index in [0.717, 1.165) is 6.20 Å². The lowest BCUT2D eigenvalue weighted by Gasteiger charge is -2.34. The van der Waals surface area contributed by atoms with E-state index in [1.807, 2.05) is 41.5 Å². The van der Waals surface area contributed by atoms with Crippen LogP contribution in [-0.4, -0.2) is 50.7 Å². The average molecular weight is 605 g/mol.